The second-order valence-corrected chi connectivity index (χ2v) is 7.43. The summed E-state index contributed by atoms with van der Waals surface area (Å²) in [5, 5.41) is 7.47. The van der Waals surface area contributed by atoms with E-state index in [1.54, 1.807) is 12.1 Å². The lowest BCUT2D eigenvalue weighted by Crippen LogP contribution is -2.51. The molecule has 30 heavy (non-hydrogen) atoms. The molecule has 2 atom stereocenters. The summed E-state index contributed by atoms with van der Waals surface area (Å²) in [6, 6.07) is 10.8. The first-order valence-electron chi connectivity index (χ1n) is 9.41. The molecule has 5 nitrogen and oxygen atoms in total. The molecule has 158 valence electrons. The smallest absolute Gasteiger partial charge is 0.330 e. The molecule has 3 N–H and O–H groups in total. The van der Waals surface area contributed by atoms with E-state index in [0.717, 1.165) is 11.6 Å². The molecule has 8 heteroatoms. The Kier molecular flexibility index (Phi) is 5.87. The molecule has 3 amide bonds. The van der Waals surface area contributed by atoms with Gasteiger partial charge in [-0.15, -0.1) is 0 Å². The van der Waals surface area contributed by atoms with Gasteiger partial charge >= 0.3 is 12.2 Å². The lowest BCUT2D eigenvalue weighted by atomic mass is 9.87. The third-order valence-electron chi connectivity index (χ3n) is 5.00. The van der Waals surface area contributed by atoms with Gasteiger partial charge in [0.25, 0.3) is 0 Å². The molecule has 1 heterocycles. The summed E-state index contributed by atoms with van der Waals surface area (Å²) in [6.45, 7) is 7.82. The topological polar surface area (TPSA) is 70.2 Å². The van der Waals surface area contributed by atoms with Crippen molar-refractivity contribution in [3.05, 3.63) is 77.5 Å². The fourth-order valence-electron chi connectivity index (χ4n) is 3.41. The second-order valence-electron chi connectivity index (χ2n) is 7.43. The van der Waals surface area contributed by atoms with Gasteiger partial charge in [0.05, 0.1) is 17.3 Å². The predicted molar refractivity (Wildman–Crippen MR) is 108 cm³/mol. The Labute approximate surface area is 172 Å². The van der Waals surface area contributed by atoms with Crippen LogP contribution in [0.2, 0.25) is 0 Å². The summed E-state index contributed by atoms with van der Waals surface area (Å²) in [4.78, 5) is 25.0. The van der Waals surface area contributed by atoms with Crippen LogP contribution in [0.4, 0.5) is 23.7 Å². The summed E-state index contributed by atoms with van der Waals surface area (Å²) in [5.74, 6) is -1.41. The van der Waals surface area contributed by atoms with Gasteiger partial charge < -0.3 is 16.0 Å². The van der Waals surface area contributed by atoms with Gasteiger partial charge in [-0.1, -0.05) is 56.8 Å². The quantitative estimate of drug-likeness (QED) is 0.659. The zero-order valence-electron chi connectivity index (χ0n) is 16.5. The van der Waals surface area contributed by atoms with E-state index in [-0.39, 0.29) is 11.4 Å². The number of halogens is 3. The average molecular weight is 417 g/mol. The average Bonchev–Trinajstić information content (AvgIpc) is 2.67. The standard InChI is InChI=1S/C22H22F3N3O2/c1-12(2)14-8-10-15(11-9-14)19-18(13(3)26-21(30)28-19)20(29)27-17-7-5-4-6-16(17)22(23,24)25/h4-12,18-19H,3H2,1-2H3,(H,27,29)(H2,26,28,30)/t18-,19+/m1/s1. The lowest BCUT2D eigenvalue weighted by Gasteiger charge is -2.34. The van der Waals surface area contributed by atoms with E-state index in [9.17, 15) is 22.8 Å². The normalized spacial score (nSPS) is 19.3. The van der Waals surface area contributed by atoms with Gasteiger partial charge in [-0.2, -0.15) is 13.2 Å². The number of amides is 3. The number of alkyl halides is 3. The summed E-state index contributed by atoms with van der Waals surface area (Å²) in [6.07, 6.45) is -4.62. The summed E-state index contributed by atoms with van der Waals surface area (Å²) in [7, 11) is 0. The van der Waals surface area contributed by atoms with Crippen LogP contribution < -0.4 is 16.0 Å². The number of anilines is 1. The number of hydrogen-bond acceptors (Lipinski definition) is 2. The molecular formula is C22H22F3N3O2. The van der Waals surface area contributed by atoms with Crippen LogP contribution in [0.15, 0.2) is 60.8 Å². The molecule has 1 saturated heterocycles. The number of urea groups is 1. The van der Waals surface area contributed by atoms with E-state index in [4.69, 9.17) is 0 Å². The van der Waals surface area contributed by atoms with Crippen molar-refractivity contribution in [3.63, 3.8) is 0 Å². The highest BCUT2D eigenvalue weighted by molar-refractivity contribution is 5.97. The molecule has 0 spiro atoms. The molecule has 2 aromatic carbocycles. The van der Waals surface area contributed by atoms with E-state index in [0.29, 0.717) is 11.5 Å². The minimum Gasteiger partial charge on any atom is -0.330 e. The summed E-state index contributed by atoms with van der Waals surface area (Å²) in [5.41, 5.74) is 0.541. The number of benzene rings is 2. The molecule has 0 radical (unpaired) electrons. The number of rotatable bonds is 4. The van der Waals surface area contributed by atoms with Crippen molar-refractivity contribution < 1.29 is 22.8 Å². The Balaban J connectivity index is 1.92. The molecule has 3 rings (SSSR count). The zero-order valence-corrected chi connectivity index (χ0v) is 16.5. The van der Waals surface area contributed by atoms with Crippen molar-refractivity contribution in [1.29, 1.82) is 0 Å². The van der Waals surface area contributed by atoms with Crippen LogP contribution >= 0.6 is 0 Å². The van der Waals surface area contributed by atoms with Crippen LogP contribution in [0.5, 0.6) is 0 Å². The van der Waals surface area contributed by atoms with Gasteiger partial charge in [-0.3, -0.25) is 4.79 Å². The van der Waals surface area contributed by atoms with Gasteiger partial charge in [0.2, 0.25) is 5.91 Å². The molecule has 2 aromatic rings. The molecule has 1 aliphatic rings. The van der Waals surface area contributed by atoms with Crippen molar-refractivity contribution in [3.8, 4) is 0 Å². The van der Waals surface area contributed by atoms with E-state index in [1.807, 2.05) is 26.0 Å². The maximum atomic E-state index is 13.3. The highest BCUT2D eigenvalue weighted by Crippen LogP contribution is 2.36. The molecule has 1 aliphatic heterocycles. The van der Waals surface area contributed by atoms with E-state index in [2.05, 4.69) is 22.5 Å². The van der Waals surface area contributed by atoms with Crippen LogP contribution in [0.3, 0.4) is 0 Å². The molecule has 0 aromatic heterocycles. The van der Waals surface area contributed by atoms with E-state index >= 15 is 0 Å². The fourth-order valence-corrected chi connectivity index (χ4v) is 3.41. The molecule has 0 unspecified atom stereocenters. The number of hydrogen-bond donors (Lipinski definition) is 3. The first-order chi connectivity index (χ1) is 14.1. The largest absolute Gasteiger partial charge is 0.418 e. The number of carbonyl (C=O) groups excluding carboxylic acids is 2. The van der Waals surface area contributed by atoms with Crippen molar-refractivity contribution in [2.24, 2.45) is 5.92 Å². The molecule has 0 saturated carbocycles. The highest BCUT2D eigenvalue weighted by Gasteiger charge is 2.39. The zero-order chi connectivity index (χ0) is 22.1. The Bertz CT molecular complexity index is 968. The molecule has 1 fully saturated rings. The molecule has 0 aliphatic carbocycles. The van der Waals surface area contributed by atoms with Crippen LogP contribution in [0.1, 0.15) is 42.5 Å². The summed E-state index contributed by atoms with van der Waals surface area (Å²) >= 11 is 0. The summed E-state index contributed by atoms with van der Waals surface area (Å²) < 4.78 is 39.8. The second kappa shape index (κ2) is 8.22. The van der Waals surface area contributed by atoms with E-state index in [1.165, 1.54) is 18.2 Å². The monoisotopic (exact) mass is 417 g/mol. The Morgan fingerprint density at radius 3 is 2.33 bits per heavy atom. The van der Waals surface area contributed by atoms with Crippen LogP contribution in [0, 0.1) is 5.92 Å². The SMILES string of the molecule is C=C1NC(=O)N[C@@H](c2ccc(C(C)C)cc2)[C@@H]1C(=O)Nc1ccccc1C(F)(F)F. The lowest BCUT2D eigenvalue weighted by molar-refractivity contribution is -0.137. The first-order valence-corrected chi connectivity index (χ1v) is 9.41. The minimum atomic E-state index is -4.62. The third-order valence-corrected chi connectivity index (χ3v) is 5.00. The van der Waals surface area contributed by atoms with Crippen molar-refractivity contribution in [1.82, 2.24) is 10.6 Å². The Hall–Kier alpha value is -3.29. The number of carbonyl (C=O) groups is 2. The van der Waals surface area contributed by atoms with E-state index < -0.39 is 35.6 Å². The Morgan fingerprint density at radius 2 is 1.73 bits per heavy atom. The van der Waals surface area contributed by atoms with Crippen LogP contribution in [-0.4, -0.2) is 11.9 Å². The highest BCUT2D eigenvalue weighted by atomic mass is 19.4. The van der Waals surface area contributed by atoms with Crippen LogP contribution in [-0.2, 0) is 11.0 Å². The number of para-hydroxylation sites is 1. The van der Waals surface area contributed by atoms with Crippen LogP contribution in [0.25, 0.3) is 0 Å². The Morgan fingerprint density at radius 1 is 1.10 bits per heavy atom. The maximum absolute atomic E-state index is 13.3. The van der Waals surface area contributed by atoms with Crippen molar-refractivity contribution >= 4 is 17.6 Å². The fraction of sp³-hybridized carbons (Fsp3) is 0.273. The van der Waals surface area contributed by atoms with Gasteiger partial charge in [0.1, 0.15) is 5.92 Å². The number of nitrogens with one attached hydrogen (secondary N) is 3. The third kappa shape index (κ3) is 4.48. The van der Waals surface area contributed by atoms with Gasteiger partial charge in [0, 0.05) is 5.70 Å². The van der Waals surface area contributed by atoms with Gasteiger partial charge in [-0.05, 0) is 29.2 Å². The first kappa shape index (κ1) is 21.4. The van der Waals surface area contributed by atoms with Crippen molar-refractivity contribution in [2.75, 3.05) is 5.32 Å². The molecular weight excluding hydrogens is 395 g/mol. The molecule has 0 bridgehead atoms. The van der Waals surface area contributed by atoms with Crippen molar-refractivity contribution in [2.45, 2.75) is 32.0 Å². The minimum absolute atomic E-state index is 0.110. The van der Waals surface area contributed by atoms with Gasteiger partial charge in [-0.25, -0.2) is 4.79 Å². The van der Waals surface area contributed by atoms with Gasteiger partial charge in [0.15, 0.2) is 0 Å². The maximum Gasteiger partial charge on any atom is 0.418 e. The predicted octanol–water partition coefficient (Wildman–Crippen LogP) is 4.95.